The average Bonchev–Trinajstić information content (AvgIpc) is 2.51. The van der Waals surface area contributed by atoms with Crippen LogP contribution >= 0.6 is 0 Å². The molecule has 0 aliphatic heterocycles. The second kappa shape index (κ2) is 8.22. The molecule has 0 unspecified atom stereocenters. The Bertz CT molecular complexity index is 607. The minimum Gasteiger partial charge on any atom is -0.481 e. The monoisotopic (exact) mass is 317 g/mol. The molecule has 0 fully saturated rings. The molecule has 1 amide bonds. The number of amides is 1. The Morgan fingerprint density at radius 2 is 2.04 bits per heavy atom. The molecule has 0 spiro atoms. The van der Waals surface area contributed by atoms with E-state index in [0.29, 0.717) is 18.1 Å². The molecule has 124 valence electrons. The third kappa shape index (κ3) is 5.66. The van der Waals surface area contributed by atoms with Crippen molar-refractivity contribution >= 4 is 11.6 Å². The first-order valence-electron chi connectivity index (χ1n) is 7.10. The van der Waals surface area contributed by atoms with Gasteiger partial charge in [0.25, 0.3) is 5.91 Å². The maximum absolute atomic E-state index is 11.7. The standard InChI is InChI=1S/C17H23N3O3/c1-5-6-11-23-14-9-7-13(8-10-14)12(2)19-15(16(21)20-22)17(3,4)18/h7-10,15,19,22H,2,11,18H2,1,3-4H3,(H,20,21)/t15-/m0/s1. The van der Waals surface area contributed by atoms with Gasteiger partial charge in [-0.2, -0.15) is 0 Å². The molecule has 0 radical (unpaired) electrons. The van der Waals surface area contributed by atoms with Crippen LogP contribution in [0.3, 0.4) is 0 Å². The summed E-state index contributed by atoms with van der Waals surface area (Å²) in [6.07, 6.45) is 0. The van der Waals surface area contributed by atoms with Gasteiger partial charge in [0.15, 0.2) is 0 Å². The highest BCUT2D eigenvalue weighted by molar-refractivity contribution is 5.84. The van der Waals surface area contributed by atoms with Crippen LogP contribution in [0.15, 0.2) is 30.8 Å². The number of carbonyl (C=O) groups excluding carboxylic acids is 1. The molecule has 0 aliphatic rings. The summed E-state index contributed by atoms with van der Waals surface area (Å²) in [5.74, 6) is 5.62. The van der Waals surface area contributed by atoms with Gasteiger partial charge in [0.2, 0.25) is 0 Å². The van der Waals surface area contributed by atoms with Crippen LogP contribution in [0.2, 0.25) is 0 Å². The van der Waals surface area contributed by atoms with E-state index in [2.05, 4.69) is 23.7 Å². The highest BCUT2D eigenvalue weighted by Gasteiger charge is 2.32. The molecule has 6 nitrogen and oxygen atoms in total. The number of hydrogen-bond donors (Lipinski definition) is 4. The van der Waals surface area contributed by atoms with Gasteiger partial charge in [-0.1, -0.05) is 12.5 Å². The molecule has 0 heterocycles. The van der Waals surface area contributed by atoms with Gasteiger partial charge in [-0.15, -0.1) is 5.92 Å². The van der Waals surface area contributed by atoms with Crippen molar-refractivity contribution in [2.75, 3.05) is 6.61 Å². The van der Waals surface area contributed by atoms with Crippen molar-refractivity contribution in [2.45, 2.75) is 32.4 Å². The number of nitrogens with two attached hydrogens (primary N) is 1. The Morgan fingerprint density at radius 1 is 1.43 bits per heavy atom. The van der Waals surface area contributed by atoms with E-state index < -0.39 is 17.5 Å². The smallest absolute Gasteiger partial charge is 0.267 e. The van der Waals surface area contributed by atoms with Crippen LogP contribution in [0, 0.1) is 11.8 Å². The normalized spacial score (nSPS) is 11.7. The summed E-state index contributed by atoms with van der Waals surface area (Å²) in [5, 5.41) is 11.8. The molecule has 1 atom stereocenters. The van der Waals surface area contributed by atoms with Gasteiger partial charge in [0.1, 0.15) is 18.4 Å². The van der Waals surface area contributed by atoms with Crippen molar-refractivity contribution in [3.8, 4) is 17.6 Å². The average molecular weight is 317 g/mol. The number of ether oxygens (including phenoxy) is 1. The number of rotatable bonds is 7. The summed E-state index contributed by atoms with van der Waals surface area (Å²) in [5.41, 5.74) is 7.97. The molecule has 0 aromatic heterocycles. The zero-order valence-corrected chi connectivity index (χ0v) is 13.6. The predicted octanol–water partition coefficient (Wildman–Crippen LogP) is 1.26. The summed E-state index contributed by atoms with van der Waals surface area (Å²) in [7, 11) is 0. The van der Waals surface area contributed by atoms with E-state index in [4.69, 9.17) is 15.7 Å². The van der Waals surface area contributed by atoms with E-state index in [1.165, 1.54) is 0 Å². The fraction of sp³-hybridized carbons (Fsp3) is 0.353. The van der Waals surface area contributed by atoms with Gasteiger partial charge in [-0.05, 0) is 50.6 Å². The first-order chi connectivity index (χ1) is 10.8. The molecule has 5 N–H and O–H groups in total. The quantitative estimate of drug-likeness (QED) is 0.345. The summed E-state index contributed by atoms with van der Waals surface area (Å²) < 4.78 is 5.43. The lowest BCUT2D eigenvalue weighted by Gasteiger charge is -2.30. The van der Waals surface area contributed by atoms with E-state index in [1.807, 2.05) is 12.1 Å². The van der Waals surface area contributed by atoms with Gasteiger partial charge < -0.3 is 15.8 Å². The lowest BCUT2D eigenvalue weighted by molar-refractivity contribution is -0.132. The second-order valence-electron chi connectivity index (χ2n) is 5.59. The summed E-state index contributed by atoms with van der Waals surface area (Å²) in [4.78, 5) is 11.7. The van der Waals surface area contributed by atoms with Gasteiger partial charge in [-0.3, -0.25) is 10.0 Å². The van der Waals surface area contributed by atoms with Crippen LogP contribution in [0.5, 0.6) is 5.75 Å². The van der Waals surface area contributed by atoms with E-state index in [-0.39, 0.29) is 0 Å². The first kappa shape index (κ1) is 18.6. The van der Waals surface area contributed by atoms with Crippen molar-refractivity contribution in [1.82, 2.24) is 10.8 Å². The minimum atomic E-state index is -0.891. The second-order valence-corrected chi connectivity index (χ2v) is 5.59. The van der Waals surface area contributed by atoms with Gasteiger partial charge in [0, 0.05) is 11.2 Å². The Labute approximate surface area is 136 Å². The van der Waals surface area contributed by atoms with Crippen LogP contribution in [0.1, 0.15) is 26.3 Å². The zero-order chi connectivity index (χ0) is 17.5. The van der Waals surface area contributed by atoms with Crippen LogP contribution in [0.25, 0.3) is 5.70 Å². The molecule has 1 aromatic carbocycles. The fourth-order valence-electron chi connectivity index (χ4n) is 1.86. The number of hydroxylamine groups is 1. The molecule has 0 bridgehead atoms. The SMILES string of the molecule is C=C(N[C@@H](C(=O)NO)C(C)(C)N)c1ccc(OCC#CC)cc1. The zero-order valence-electron chi connectivity index (χ0n) is 13.6. The largest absolute Gasteiger partial charge is 0.481 e. The summed E-state index contributed by atoms with van der Waals surface area (Å²) >= 11 is 0. The number of benzene rings is 1. The maximum atomic E-state index is 11.7. The highest BCUT2D eigenvalue weighted by atomic mass is 16.5. The van der Waals surface area contributed by atoms with Crippen LogP contribution in [0.4, 0.5) is 0 Å². The third-order valence-corrected chi connectivity index (χ3v) is 3.13. The Hall–Kier alpha value is -2.49. The number of carbonyl (C=O) groups is 1. The van der Waals surface area contributed by atoms with E-state index >= 15 is 0 Å². The Kier molecular flexibility index (Phi) is 6.64. The third-order valence-electron chi connectivity index (χ3n) is 3.13. The first-order valence-corrected chi connectivity index (χ1v) is 7.10. The lowest BCUT2D eigenvalue weighted by Crippen LogP contribution is -2.59. The van der Waals surface area contributed by atoms with Crippen LogP contribution in [-0.4, -0.2) is 29.3 Å². The van der Waals surface area contributed by atoms with Crippen molar-refractivity contribution in [3.63, 3.8) is 0 Å². The summed E-state index contributed by atoms with van der Waals surface area (Å²) in [6, 6.07) is 6.35. The number of nitrogens with one attached hydrogen (secondary N) is 2. The van der Waals surface area contributed by atoms with Crippen molar-refractivity contribution in [3.05, 3.63) is 36.4 Å². The van der Waals surface area contributed by atoms with Crippen molar-refractivity contribution in [2.24, 2.45) is 5.73 Å². The molecule has 1 rings (SSSR count). The van der Waals surface area contributed by atoms with Crippen molar-refractivity contribution < 1.29 is 14.7 Å². The molecule has 0 saturated carbocycles. The van der Waals surface area contributed by atoms with E-state index in [9.17, 15) is 4.79 Å². The Balaban J connectivity index is 2.79. The van der Waals surface area contributed by atoms with Crippen LogP contribution in [-0.2, 0) is 4.79 Å². The number of hydrogen-bond acceptors (Lipinski definition) is 5. The van der Waals surface area contributed by atoms with Crippen molar-refractivity contribution in [1.29, 1.82) is 0 Å². The van der Waals surface area contributed by atoms with Gasteiger partial charge >= 0.3 is 0 Å². The molecular weight excluding hydrogens is 294 g/mol. The molecule has 0 aliphatic carbocycles. The maximum Gasteiger partial charge on any atom is 0.267 e. The lowest BCUT2D eigenvalue weighted by atomic mass is 9.94. The molecule has 23 heavy (non-hydrogen) atoms. The van der Waals surface area contributed by atoms with Gasteiger partial charge in [0.05, 0.1) is 0 Å². The molecule has 1 aromatic rings. The van der Waals surface area contributed by atoms with Gasteiger partial charge in [-0.25, -0.2) is 5.48 Å². The molecular formula is C17H23N3O3. The fourth-order valence-corrected chi connectivity index (χ4v) is 1.86. The van der Waals surface area contributed by atoms with E-state index in [1.54, 1.807) is 38.4 Å². The highest BCUT2D eigenvalue weighted by Crippen LogP contribution is 2.18. The minimum absolute atomic E-state index is 0.329. The molecule has 6 heteroatoms. The van der Waals surface area contributed by atoms with Crippen LogP contribution < -0.4 is 21.3 Å². The van der Waals surface area contributed by atoms with E-state index in [0.717, 1.165) is 5.56 Å². The topological polar surface area (TPSA) is 96.6 Å². The Morgan fingerprint density at radius 3 is 2.52 bits per heavy atom. The predicted molar refractivity (Wildman–Crippen MR) is 89.5 cm³/mol. The summed E-state index contributed by atoms with van der Waals surface area (Å²) in [6.45, 7) is 9.35. The molecule has 0 saturated heterocycles.